The predicted molar refractivity (Wildman–Crippen MR) is 110 cm³/mol. The number of hydrogen-bond acceptors (Lipinski definition) is 2. The van der Waals surface area contributed by atoms with Crippen molar-refractivity contribution in [1.29, 1.82) is 0 Å². The highest BCUT2D eigenvalue weighted by Crippen LogP contribution is 2.13. The zero-order valence-corrected chi connectivity index (χ0v) is 19.4. The lowest BCUT2D eigenvalue weighted by molar-refractivity contribution is 0.183. The van der Waals surface area contributed by atoms with Crippen LogP contribution in [-0.4, -0.2) is 31.7 Å². The van der Waals surface area contributed by atoms with E-state index in [1.54, 1.807) is 0 Å². The van der Waals surface area contributed by atoms with Crippen LogP contribution in [0.4, 0.5) is 0 Å². The molecule has 2 nitrogen and oxygen atoms in total. The molecule has 0 rings (SSSR count). The Morgan fingerprint density at radius 1 is 0.565 bits per heavy atom. The fourth-order valence-electron chi connectivity index (χ4n) is 3.01. The summed E-state index contributed by atoms with van der Waals surface area (Å²) >= 11 is 0. The van der Waals surface area contributed by atoms with Crippen LogP contribution in [0.2, 0.25) is 12.1 Å². The van der Waals surface area contributed by atoms with Gasteiger partial charge in [0.05, 0.1) is 0 Å². The normalized spacial score (nSPS) is 15.1. The third-order valence-corrected chi connectivity index (χ3v) is 7.47. The minimum absolute atomic E-state index is 0.288. The van der Waals surface area contributed by atoms with E-state index in [1.807, 2.05) is 0 Å². The molecule has 0 radical (unpaired) electrons. The quantitative estimate of drug-likeness (QED) is 0.249. The first kappa shape index (κ1) is 23.4. The van der Waals surface area contributed by atoms with Gasteiger partial charge in [0.25, 0.3) is 0 Å². The number of unbranched alkanes of at least 4 members (excludes halogenated alkanes) is 2. The fourth-order valence-corrected chi connectivity index (χ4v) is 6.50. The molecule has 2 unspecified atom stereocenters. The molecule has 0 amide bonds. The largest absolute Gasteiger partial charge is 0.421 e. The average molecular weight is 361 g/mol. The van der Waals surface area contributed by atoms with Crippen LogP contribution in [0.15, 0.2) is 0 Å². The fraction of sp³-hybridized carbons (Fsp3) is 1.00. The molecule has 0 saturated heterocycles. The van der Waals surface area contributed by atoms with Crippen molar-refractivity contribution in [3.05, 3.63) is 0 Å². The van der Waals surface area contributed by atoms with Gasteiger partial charge in [0.15, 0.2) is 19.5 Å². The summed E-state index contributed by atoms with van der Waals surface area (Å²) in [6.07, 6.45) is 15.4. The Bertz CT molecular complexity index is 205. The lowest BCUT2D eigenvalue weighted by atomic mass is 10.1. The monoisotopic (exact) mass is 360 g/mol. The van der Waals surface area contributed by atoms with Crippen LogP contribution >= 0.6 is 0 Å². The van der Waals surface area contributed by atoms with Crippen molar-refractivity contribution in [2.45, 2.75) is 123 Å². The van der Waals surface area contributed by atoms with E-state index < -0.39 is 0 Å². The SMILES string of the molecule is CCCCC(CCC)O[SiH2]CCC[SiH2]OC(CCC)CCCC. The van der Waals surface area contributed by atoms with Gasteiger partial charge in [-0.3, -0.25) is 0 Å². The molecule has 0 heterocycles. The van der Waals surface area contributed by atoms with Crippen molar-refractivity contribution in [2.75, 3.05) is 0 Å². The Labute approximate surface area is 151 Å². The molecule has 0 saturated carbocycles. The molecular formula is C19H44O2Si2. The first-order chi connectivity index (χ1) is 11.3. The number of rotatable bonds is 18. The van der Waals surface area contributed by atoms with Gasteiger partial charge in [-0.05, 0) is 37.8 Å². The molecule has 0 N–H and O–H groups in total. The van der Waals surface area contributed by atoms with Gasteiger partial charge in [0.1, 0.15) is 0 Å². The molecule has 0 bridgehead atoms. The molecule has 0 spiro atoms. The lowest BCUT2D eigenvalue weighted by Gasteiger charge is -2.18. The topological polar surface area (TPSA) is 18.5 Å². The summed E-state index contributed by atoms with van der Waals surface area (Å²) in [4.78, 5) is 0. The third kappa shape index (κ3) is 15.6. The van der Waals surface area contributed by atoms with Crippen LogP contribution in [0.25, 0.3) is 0 Å². The Morgan fingerprint density at radius 3 is 1.35 bits per heavy atom. The summed E-state index contributed by atoms with van der Waals surface area (Å²) in [5, 5.41) is 0. The Balaban J connectivity index is 3.58. The predicted octanol–water partition coefficient (Wildman–Crippen LogP) is 5.13. The van der Waals surface area contributed by atoms with E-state index in [9.17, 15) is 0 Å². The van der Waals surface area contributed by atoms with E-state index in [4.69, 9.17) is 8.85 Å². The molecule has 0 aliphatic carbocycles. The maximum atomic E-state index is 6.22. The summed E-state index contributed by atoms with van der Waals surface area (Å²) in [6.45, 7) is 9.10. The zero-order valence-electron chi connectivity index (χ0n) is 16.6. The van der Waals surface area contributed by atoms with Crippen molar-refractivity contribution >= 4 is 19.5 Å². The van der Waals surface area contributed by atoms with Gasteiger partial charge in [0, 0.05) is 12.2 Å². The van der Waals surface area contributed by atoms with Gasteiger partial charge >= 0.3 is 0 Å². The van der Waals surface area contributed by atoms with Crippen molar-refractivity contribution < 1.29 is 8.85 Å². The first-order valence-corrected chi connectivity index (χ1v) is 13.7. The summed E-state index contributed by atoms with van der Waals surface area (Å²) in [5.41, 5.74) is 0. The molecule has 140 valence electrons. The highest BCUT2D eigenvalue weighted by atomic mass is 28.2. The minimum Gasteiger partial charge on any atom is -0.421 e. The van der Waals surface area contributed by atoms with Crippen molar-refractivity contribution in [3.8, 4) is 0 Å². The zero-order chi connectivity index (χ0) is 17.2. The second kappa shape index (κ2) is 18.7. The first-order valence-electron chi connectivity index (χ1n) is 10.5. The maximum absolute atomic E-state index is 6.22. The lowest BCUT2D eigenvalue weighted by Crippen LogP contribution is -2.17. The Kier molecular flexibility index (Phi) is 19.0. The van der Waals surface area contributed by atoms with Crippen LogP contribution in [-0.2, 0) is 8.85 Å². The van der Waals surface area contributed by atoms with E-state index in [0.717, 1.165) is 0 Å². The summed E-state index contributed by atoms with van der Waals surface area (Å²) in [7, 11) is -0.576. The van der Waals surface area contributed by atoms with Crippen molar-refractivity contribution in [2.24, 2.45) is 0 Å². The molecular weight excluding hydrogens is 316 g/mol. The molecule has 0 aromatic heterocycles. The molecule has 0 aliphatic rings. The van der Waals surface area contributed by atoms with Crippen LogP contribution in [0.3, 0.4) is 0 Å². The van der Waals surface area contributed by atoms with Crippen LogP contribution in [0.5, 0.6) is 0 Å². The standard InChI is InChI=1S/C19H44O2Si2/c1-5-9-14-18(12-7-3)20-22-16-11-17-23-21-19(13-8-4)15-10-6-2/h18-19H,5-17,22-23H2,1-4H3. The van der Waals surface area contributed by atoms with E-state index in [-0.39, 0.29) is 19.5 Å². The Morgan fingerprint density at radius 2 is 1.00 bits per heavy atom. The minimum atomic E-state index is -0.288. The average Bonchev–Trinajstić information content (AvgIpc) is 2.56. The number of hydrogen-bond donors (Lipinski definition) is 0. The highest BCUT2D eigenvalue weighted by Gasteiger charge is 2.08. The Hall–Kier alpha value is 0.354. The molecule has 0 aromatic carbocycles. The molecule has 0 aliphatic heterocycles. The van der Waals surface area contributed by atoms with Gasteiger partial charge in [-0.1, -0.05) is 72.6 Å². The van der Waals surface area contributed by atoms with Crippen molar-refractivity contribution in [3.63, 3.8) is 0 Å². The van der Waals surface area contributed by atoms with Gasteiger partial charge in [-0.2, -0.15) is 0 Å². The smallest absolute Gasteiger partial charge is 0.161 e. The molecule has 4 heteroatoms. The summed E-state index contributed by atoms with van der Waals surface area (Å²) < 4.78 is 12.4. The third-order valence-electron chi connectivity index (χ3n) is 4.48. The van der Waals surface area contributed by atoms with Crippen molar-refractivity contribution in [1.82, 2.24) is 0 Å². The summed E-state index contributed by atoms with van der Waals surface area (Å²) in [5.74, 6) is 0. The molecule has 2 atom stereocenters. The van der Waals surface area contributed by atoms with E-state index in [1.165, 1.54) is 82.7 Å². The van der Waals surface area contributed by atoms with Gasteiger partial charge in [-0.15, -0.1) is 0 Å². The van der Waals surface area contributed by atoms with Gasteiger partial charge in [-0.25, -0.2) is 0 Å². The van der Waals surface area contributed by atoms with Crippen LogP contribution in [0, 0.1) is 0 Å². The van der Waals surface area contributed by atoms with Crippen LogP contribution in [0.1, 0.15) is 98.3 Å². The second-order valence-corrected chi connectivity index (χ2v) is 9.81. The van der Waals surface area contributed by atoms with Gasteiger partial charge in [0.2, 0.25) is 0 Å². The molecule has 23 heavy (non-hydrogen) atoms. The van der Waals surface area contributed by atoms with E-state index in [0.29, 0.717) is 12.2 Å². The highest BCUT2D eigenvalue weighted by molar-refractivity contribution is 6.29. The van der Waals surface area contributed by atoms with Gasteiger partial charge < -0.3 is 8.85 Å². The van der Waals surface area contributed by atoms with Crippen LogP contribution < -0.4 is 0 Å². The molecule has 0 fully saturated rings. The maximum Gasteiger partial charge on any atom is 0.161 e. The van der Waals surface area contributed by atoms with E-state index in [2.05, 4.69) is 27.7 Å². The summed E-state index contributed by atoms with van der Waals surface area (Å²) in [6, 6.07) is 2.71. The molecule has 0 aromatic rings. The second-order valence-electron chi connectivity index (χ2n) is 6.91. The van der Waals surface area contributed by atoms with E-state index >= 15 is 0 Å².